The fourth-order valence-corrected chi connectivity index (χ4v) is 0.684. The van der Waals surface area contributed by atoms with Gasteiger partial charge in [-0.05, 0) is 0 Å². The third-order valence-electron chi connectivity index (χ3n) is 1.17. The molecule has 0 saturated carbocycles. The third-order valence-corrected chi connectivity index (χ3v) is 1.17. The predicted octanol–water partition coefficient (Wildman–Crippen LogP) is -0.0456. The Kier molecular flexibility index (Phi) is 1.65. The molecule has 0 radical (unpaired) electrons. The topological polar surface area (TPSA) is 46.6 Å². The molecular weight excluding hydrogens is 134 g/mol. The van der Waals surface area contributed by atoms with E-state index in [0.29, 0.717) is 6.54 Å². The van der Waals surface area contributed by atoms with Gasteiger partial charge in [0.25, 0.3) is 0 Å². The van der Waals surface area contributed by atoms with Crippen molar-refractivity contribution in [2.45, 2.75) is 0 Å². The van der Waals surface area contributed by atoms with Gasteiger partial charge in [0.05, 0.1) is 13.1 Å². The van der Waals surface area contributed by atoms with Gasteiger partial charge in [-0.15, -0.1) is 4.79 Å². The average molecular weight is 140 g/mol. The van der Waals surface area contributed by atoms with Gasteiger partial charge in [-0.3, -0.25) is 0 Å². The summed E-state index contributed by atoms with van der Waals surface area (Å²) in [7, 11) is 0. The number of nitrogens with zero attached hydrogens (tertiary/aromatic N) is 1. The van der Waals surface area contributed by atoms with Crippen molar-refractivity contribution >= 4 is 12.0 Å². The van der Waals surface area contributed by atoms with Crippen molar-refractivity contribution in [3.63, 3.8) is 0 Å². The lowest BCUT2D eigenvalue weighted by molar-refractivity contribution is -0.122. The SMILES string of the molecule is [CH+]=CC(=O)N1CCOC1=O. The quantitative estimate of drug-likeness (QED) is 0.379. The number of rotatable bonds is 1. The van der Waals surface area contributed by atoms with E-state index < -0.39 is 12.0 Å². The van der Waals surface area contributed by atoms with Crippen LogP contribution in [0.15, 0.2) is 6.08 Å². The molecule has 1 aliphatic rings. The Morgan fingerprint density at radius 1 is 1.80 bits per heavy atom. The van der Waals surface area contributed by atoms with Gasteiger partial charge < -0.3 is 4.74 Å². The van der Waals surface area contributed by atoms with E-state index in [4.69, 9.17) is 6.58 Å². The molecule has 0 N–H and O–H groups in total. The molecule has 0 spiro atoms. The number of hydrogen-bond donors (Lipinski definition) is 0. The minimum atomic E-state index is -0.619. The van der Waals surface area contributed by atoms with Gasteiger partial charge in [0.1, 0.15) is 6.61 Å². The van der Waals surface area contributed by atoms with E-state index in [1.165, 1.54) is 0 Å². The fourth-order valence-electron chi connectivity index (χ4n) is 0.684. The molecule has 0 atom stereocenters. The Labute approximate surface area is 58.1 Å². The zero-order chi connectivity index (χ0) is 7.56. The van der Waals surface area contributed by atoms with Gasteiger partial charge >= 0.3 is 12.0 Å². The normalized spacial score (nSPS) is 16.7. The average Bonchev–Trinajstić information content (AvgIpc) is 2.34. The van der Waals surface area contributed by atoms with E-state index in [2.05, 4.69) is 4.74 Å². The van der Waals surface area contributed by atoms with Crippen LogP contribution in [0.1, 0.15) is 0 Å². The van der Waals surface area contributed by atoms with Gasteiger partial charge in [-0.1, -0.05) is 0 Å². The molecule has 1 fully saturated rings. The maximum atomic E-state index is 10.7. The van der Waals surface area contributed by atoms with Crippen LogP contribution in [0.5, 0.6) is 0 Å². The zero-order valence-corrected chi connectivity index (χ0v) is 5.24. The van der Waals surface area contributed by atoms with Crippen LogP contribution in [-0.4, -0.2) is 30.1 Å². The minimum absolute atomic E-state index is 0.262. The number of carbonyl (C=O) groups is 2. The highest BCUT2D eigenvalue weighted by atomic mass is 16.6. The first-order valence-corrected chi connectivity index (χ1v) is 2.79. The maximum absolute atomic E-state index is 10.7. The Hall–Kier alpha value is -1.41. The van der Waals surface area contributed by atoms with Crippen LogP contribution >= 0.6 is 0 Å². The molecule has 52 valence electrons. The summed E-state index contributed by atoms with van der Waals surface area (Å²) < 4.78 is 4.48. The molecule has 0 aliphatic carbocycles. The summed E-state index contributed by atoms with van der Waals surface area (Å²) in [4.78, 5) is 22.2. The Balaban J connectivity index is 2.63. The van der Waals surface area contributed by atoms with Crippen molar-refractivity contribution in [2.75, 3.05) is 13.2 Å². The van der Waals surface area contributed by atoms with Crippen molar-refractivity contribution in [3.05, 3.63) is 12.7 Å². The van der Waals surface area contributed by atoms with E-state index in [0.717, 1.165) is 11.0 Å². The van der Waals surface area contributed by atoms with E-state index in [-0.39, 0.29) is 6.61 Å². The summed E-state index contributed by atoms with van der Waals surface area (Å²) in [6.45, 7) is 5.45. The molecule has 0 unspecified atom stereocenters. The van der Waals surface area contributed by atoms with Gasteiger partial charge in [0.15, 0.2) is 0 Å². The molecule has 0 aromatic rings. The number of imide groups is 1. The summed E-state index contributed by atoms with van der Waals surface area (Å²) in [5, 5.41) is 0. The van der Waals surface area contributed by atoms with Gasteiger partial charge in [0, 0.05) is 0 Å². The predicted molar refractivity (Wildman–Crippen MR) is 31.9 cm³/mol. The van der Waals surface area contributed by atoms with Crippen LogP contribution in [-0.2, 0) is 9.53 Å². The van der Waals surface area contributed by atoms with Crippen molar-refractivity contribution < 1.29 is 14.3 Å². The van der Waals surface area contributed by atoms with Gasteiger partial charge in [0.2, 0.25) is 6.08 Å². The molecular formula is C6H6NO3+. The van der Waals surface area contributed by atoms with E-state index in [1.54, 1.807) is 0 Å². The molecule has 4 nitrogen and oxygen atoms in total. The molecule has 1 saturated heterocycles. The van der Waals surface area contributed by atoms with Crippen LogP contribution < -0.4 is 0 Å². The molecule has 0 bridgehead atoms. The minimum Gasteiger partial charge on any atom is -0.446 e. The van der Waals surface area contributed by atoms with Crippen LogP contribution in [0.4, 0.5) is 4.79 Å². The third kappa shape index (κ3) is 0.967. The first-order chi connectivity index (χ1) is 4.75. The maximum Gasteiger partial charge on any atom is 0.434 e. The molecule has 2 amide bonds. The lowest BCUT2D eigenvalue weighted by Crippen LogP contribution is -2.29. The number of cyclic esters (lactones) is 1. The Morgan fingerprint density at radius 2 is 2.50 bits per heavy atom. The van der Waals surface area contributed by atoms with Crippen molar-refractivity contribution in [2.24, 2.45) is 0 Å². The van der Waals surface area contributed by atoms with E-state index in [9.17, 15) is 9.59 Å². The van der Waals surface area contributed by atoms with Crippen LogP contribution in [0.25, 0.3) is 0 Å². The highest BCUT2D eigenvalue weighted by molar-refractivity contribution is 5.98. The van der Waals surface area contributed by atoms with Crippen LogP contribution in [0.3, 0.4) is 0 Å². The molecule has 0 aromatic heterocycles. The highest BCUT2D eigenvalue weighted by Gasteiger charge is 2.32. The number of amides is 2. The lowest BCUT2D eigenvalue weighted by atomic mass is 10.5. The van der Waals surface area contributed by atoms with E-state index >= 15 is 0 Å². The Morgan fingerprint density at radius 3 is 2.90 bits per heavy atom. The smallest absolute Gasteiger partial charge is 0.434 e. The zero-order valence-electron chi connectivity index (χ0n) is 5.24. The first kappa shape index (κ1) is 6.71. The molecule has 4 heteroatoms. The molecule has 1 rings (SSSR count). The number of ether oxygens (including phenoxy) is 1. The monoisotopic (exact) mass is 140 g/mol. The largest absolute Gasteiger partial charge is 0.446 e. The summed E-state index contributed by atoms with van der Waals surface area (Å²) in [6.07, 6.45) is 0.221. The number of hydrogen-bond acceptors (Lipinski definition) is 3. The van der Waals surface area contributed by atoms with Crippen LogP contribution in [0, 0.1) is 6.58 Å². The second-order valence-corrected chi connectivity index (χ2v) is 1.77. The van der Waals surface area contributed by atoms with Crippen molar-refractivity contribution in [1.82, 2.24) is 4.90 Å². The highest BCUT2D eigenvalue weighted by Crippen LogP contribution is 2.02. The molecule has 1 aliphatic heterocycles. The Bertz CT molecular complexity index is 187. The van der Waals surface area contributed by atoms with Gasteiger partial charge in [-0.2, -0.15) is 4.90 Å². The molecule has 0 aromatic carbocycles. The van der Waals surface area contributed by atoms with Crippen molar-refractivity contribution in [1.29, 1.82) is 0 Å². The molecule has 1 heterocycles. The summed E-state index contributed by atoms with van der Waals surface area (Å²) >= 11 is 0. The second kappa shape index (κ2) is 2.45. The van der Waals surface area contributed by atoms with Crippen LogP contribution in [0.2, 0.25) is 0 Å². The summed E-state index contributed by atoms with van der Waals surface area (Å²) in [5.41, 5.74) is 0. The number of carbonyl (C=O) groups excluding carboxylic acids is 2. The molecule has 10 heavy (non-hydrogen) atoms. The van der Waals surface area contributed by atoms with Crippen molar-refractivity contribution in [3.8, 4) is 0 Å². The second-order valence-electron chi connectivity index (χ2n) is 1.77. The fraction of sp³-hybridized carbons (Fsp3) is 0.333. The first-order valence-electron chi connectivity index (χ1n) is 2.79. The summed E-state index contributed by atoms with van der Waals surface area (Å²) in [5.74, 6) is -0.512. The lowest BCUT2D eigenvalue weighted by Gasteiger charge is -1.97. The van der Waals surface area contributed by atoms with Gasteiger partial charge in [-0.25, -0.2) is 4.79 Å². The standard InChI is InChI=1S/C6H6NO3/c1-2-5(8)7-3-4-10-6(7)9/h1-2H,3-4H2/q+1. The summed E-state index contributed by atoms with van der Waals surface area (Å²) in [6, 6.07) is 0. The van der Waals surface area contributed by atoms with E-state index in [1.807, 2.05) is 0 Å².